The predicted molar refractivity (Wildman–Crippen MR) is 75.2 cm³/mol. The largest absolute Gasteiger partial charge is 0.381 e. The third-order valence-corrected chi connectivity index (χ3v) is 4.75. The van der Waals surface area contributed by atoms with E-state index in [9.17, 15) is 0 Å². The molecule has 1 N–H and O–H groups in total. The first kappa shape index (κ1) is 13.1. The van der Waals surface area contributed by atoms with E-state index < -0.39 is 0 Å². The van der Waals surface area contributed by atoms with Crippen molar-refractivity contribution in [2.24, 2.45) is 5.92 Å². The normalized spacial score (nSPS) is 27.3. The molecule has 4 nitrogen and oxygen atoms in total. The fraction of sp³-hybridized carbons (Fsp3) is 0.800. The second-order valence-electron chi connectivity index (χ2n) is 6.33. The molecule has 4 heteroatoms. The van der Waals surface area contributed by atoms with Crippen molar-refractivity contribution in [3.8, 4) is 0 Å². The van der Waals surface area contributed by atoms with Crippen LogP contribution in [0.1, 0.15) is 38.3 Å². The van der Waals surface area contributed by atoms with Crippen LogP contribution in [-0.4, -0.2) is 35.9 Å². The van der Waals surface area contributed by atoms with E-state index in [-0.39, 0.29) is 5.41 Å². The molecule has 0 bridgehead atoms. The monoisotopic (exact) mass is 263 g/mol. The Kier molecular flexibility index (Phi) is 3.89. The molecule has 106 valence electrons. The minimum atomic E-state index is 0.289. The molecule has 19 heavy (non-hydrogen) atoms. The Hall–Kier alpha value is -0.870. The van der Waals surface area contributed by atoms with E-state index in [4.69, 9.17) is 4.74 Å². The van der Waals surface area contributed by atoms with Gasteiger partial charge >= 0.3 is 0 Å². The van der Waals surface area contributed by atoms with E-state index in [1.165, 1.54) is 31.4 Å². The molecular formula is C15H25N3O. The molecule has 0 spiro atoms. The van der Waals surface area contributed by atoms with Crippen molar-refractivity contribution in [2.75, 3.05) is 26.3 Å². The zero-order valence-electron chi connectivity index (χ0n) is 11.9. The average Bonchev–Trinajstić information content (AvgIpc) is 2.90. The van der Waals surface area contributed by atoms with Gasteiger partial charge in [0.05, 0.1) is 12.9 Å². The summed E-state index contributed by atoms with van der Waals surface area (Å²) in [6.07, 6.45) is 9.00. The molecule has 2 aliphatic rings. The smallest absolute Gasteiger partial charge is 0.0948 e. The van der Waals surface area contributed by atoms with E-state index in [1.54, 1.807) is 0 Å². The second-order valence-corrected chi connectivity index (χ2v) is 6.33. The summed E-state index contributed by atoms with van der Waals surface area (Å²) in [5.74, 6) is 0.659. The molecule has 0 aliphatic carbocycles. The summed E-state index contributed by atoms with van der Waals surface area (Å²) in [6.45, 7) is 7.55. The fourth-order valence-corrected chi connectivity index (χ4v) is 3.43. The lowest BCUT2D eigenvalue weighted by atomic mass is 9.78. The van der Waals surface area contributed by atoms with Crippen LogP contribution in [0.3, 0.4) is 0 Å². The number of rotatable bonds is 3. The number of hydrogen-bond donors (Lipinski definition) is 1. The van der Waals surface area contributed by atoms with Gasteiger partial charge in [0.2, 0.25) is 0 Å². The highest BCUT2D eigenvalue weighted by Crippen LogP contribution is 2.33. The van der Waals surface area contributed by atoms with Crippen LogP contribution in [0, 0.1) is 5.92 Å². The van der Waals surface area contributed by atoms with Gasteiger partial charge in [-0.15, -0.1) is 0 Å². The minimum absolute atomic E-state index is 0.289. The first-order chi connectivity index (χ1) is 9.28. The number of nitrogens with one attached hydrogen (secondary N) is 1. The minimum Gasteiger partial charge on any atom is -0.381 e. The molecule has 1 unspecified atom stereocenters. The highest BCUT2D eigenvalue weighted by atomic mass is 16.5. The highest BCUT2D eigenvalue weighted by molar-refractivity contribution is 5.15. The summed E-state index contributed by atoms with van der Waals surface area (Å²) in [6, 6.07) is 0. The lowest BCUT2D eigenvalue weighted by Gasteiger charge is -2.35. The van der Waals surface area contributed by atoms with Crippen LogP contribution in [0.2, 0.25) is 0 Å². The summed E-state index contributed by atoms with van der Waals surface area (Å²) in [7, 11) is 0. The molecule has 1 atom stereocenters. The first-order valence-electron chi connectivity index (χ1n) is 7.57. The zero-order chi connectivity index (χ0) is 13.1. The van der Waals surface area contributed by atoms with E-state index in [1.807, 2.05) is 6.33 Å². The Morgan fingerprint density at radius 3 is 3.05 bits per heavy atom. The molecule has 1 aromatic rings. The standard InChI is InChI=1S/C15H25N3O/c1-15(4-6-16-7-5-15)14-9-17-12-18(14)10-13-3-2-8-19-11-13/h9,12-13,16H,2-8,10-11H2,1H3. The van der Waals surface area contributed by atoms with Crippen LogP contribution < -0.4 is 5.32 Å². The summed E-state index contributed by atoms with van der Waals surface area (Å²) in [5.41, 5.74) is 1.71. The Bertz CT molecular complexity index is 403. The maximum Gasteiger partial charge on any atom is 0.0948 e. The van der Waals surface area contributed by atoms with Crippen molar-refractivity contribution in [3.05, 3.63) is 18.2 Å². The summed E-state index contributed by atoms with van der Waals surface area (Å²) in [5, 5.41) is 3.45. The van der Waals surface area contributed by atoms with Crippen molar-refractivity contribution >= 4 is 0 Å². The van der Waals surface area contributed by atoms with Crippen molar-refractivity contribution in [1.29, 1.82) is 0 Å². The third kappa shape index (κ3) is 2.84. The van der Waals surface area contributed by atoms with Crippen molar-refractivity contribution < 1.29 is 4.74 Å². The van der Waals surface area contributed by atoms with Gasteiger partial charge in [0.1, 0.15) is 0 Å². The Balaban J connectivity index is 1.73. The van der Waals surface area contributed by atoms with Gasteiger partial charge in [0.15, 0.2) is 0 Å². The first-order valence-corrected chi connectivity index (χ1v) is 7.57. The maximum absolute atomic E-state index is 5.60. The van der Waals surface area contributed by atoms with Gasteiger partial charge in [0, 0.05) is 36.4 Å². The topological polar surface area (TPSA) is 39.1 Å². The second kappa shape index (κ2) is 5.63. The lowest BCUT2D eigenvalue weighted by Crippen LogP contribution is -2.39. The van der Waals surface area contributed by atoms with E-state index in [2.05, 4.69) is 28.0 Å². The van der Waals surface area contributed by atoms with Crippen LogP contribution in [0.4, 0.5) is 0 Å². The van der Waals surface area contributed by atoms with Crippen molar-refractivity contribution in [1.82, 2.24) is 14.9 Å². The molecule has 0 saturated carbocycles. The van der Waals surface area contributed by atoms with Crippen LogP contribution in [0.5, 0.6) is 0 Å². The molecular weight excluding hydrogens is 238 g/mol. The van der Waals surface area contributed by atoms with Crippen molar-refractivity contribution in [2.45, 2.75) is 44.6 Å². The molecule has 0 aromatic carbocycles. The van der Waals surface area contributed by atoms with Gasteiger partial charge in [0.25, 0.3) is 0 Å². The number of imidazole rings is 1. The predicted octanol–water partition coefficient (Wildman–Crippen LogP) is 1.95. The zero-order valence-corrected chi connectivity index (χ0v) is 11.9. The van der Waals surface area contributed by atoms with E-state index >= 15 is 0 Å². The number of piperidine rings is 1. The van der Waals surface area contributed by atoms with E-state index in [0.717, 1.165) is 32.8 Å². The molecule has 1 aromatic heterocycles. The summed E-state index contributed by atoms with van der Waals surface area (Å²) in [4.78, 5) is 4.41. The Labute approximate surface area is 115 Å². The van der Waals surface area contributed by atoms with Gasteiger partial charge in [-0.2, -0.15) is 0 Å². The maximum atomic E-state index is 5.60. The number of aromatic nitrogens is 2. The summed E-state index contributed by atoms with van der Waals surface area (Å²) >= 11 is 0. The molecule has 3 rings (SSSR count). The lowest BCUT2D eigenvalue weighted by molar-refractivity contribution is 0.0476. The molecule has 2 saturated heterocycles. The van der Waals surface area contributed by atoms with Gasteiger partial charge in [-0.05, 0) is 38.8 Å². The molecule has 2 aliphatic heterocycles. The van der Waals surface area contributed by atoms with Gasteiger partial charge in [-0.1, -0.05) is 6.92 Å². The molecule has 0 radical (unpaired) electrons. The van der Waals surface area contributed by atoms with Crippen LogP contribution >= 0.6 is 0 Å². The molecule has 0 amide bonds. The quantitative estimate of drug-likeness (QED) is 0.906. The van der Waals surface area contributed by atoms with Gasteiger partial charge < -0.3 is 14.6 Å². The van der Waals surface area contributed by atoms with Crippen LogP contribution in [-0.2, 0) is 16.7 Å². The van der Waals surface area contributed by atoms with Crippen LogP contribution in [0.25, 0.3) is 0 Å². The number of ether oxygens (including phenoxy) is 1. The van der Waals surface area contributed by atoms with Crippen molar-refractivity contribution in [3.63, 3.8) is 0 Å². The van der Waals surface area contributed by atoms with Gasteiger partial charge in [-0.25, -0.2) is 4.98 Å². The van der Waals surface area contributed by atoms with E-state index in [0.29, 0.717) is 5.92 Å². The number of hydrogen-bond acceptors (Lipinski definition) is 3. The van der Waals surface area contributed by atoms with Gasteiger partial charge in [-0.3, -0.25) is 0 Å². The SMILES string of the molecule is CC1(c2cncn2CC2CCCOC2)CCNCC1. The Morgan fingerprint density at radius 2 is 2.32 bits per heavy atom. The fourth-order valence-electron chi connectivity index (χ4n) is 3.43. The number of nitrogens with zero attached hydrogens (tertiary/aromatic N) is 2. The summed E-state index contributed by atoms with van der Waals surface area (Å²) < 4.78 is 7.98. The third-order valence-electron chi connectivity index (χ3n) is 4.75. The molecule has 3 heterocycles. The van der Waals surface area contributed by atoms with Crippen LogP contribution in [0.15, 0.2) is 12.5 Å². The highest BCUT2D eigenvalue weighted by Gasteiger charge is 2.32. The average molecular weight is 263 g/mol. The molecule has 2 fully saturated rings. The Morgan fingerprint density at radius 1 is 1.47 bits per heavy atom.